The van der Waals surface area contributed by atoms with Crippen LogP contribution >= 0.6 is 35.2 Å². The maximum atomic E-state index is 12.8. The first-order valence-electron chi connectivity index (χ1n) is 25.6. The van der Waals surface area contributed by atoms with Crippen LogP contribution in [-0.4, -0.2) is 123 Å². The van der Waals surface area contributed by atoms with Crippen molar-refractivity contribution in [3.63, 3.8) is 0 Å². The lowest BCUT2D eigenvalue weighted by Crippen LogP contribution is -2.46. The fourth-order valence-electron chi connectivity index (χ4n) is 8.07. The highest BCUT2D eigenvalue weighted by molar-refractivity contribution is 8.13. The number of aromatic nitrogens is 4. The van der Waals surface area contributed by atoms with Gasteiger partial charge in [-0.15, -0.1) is 0 Å². The normalized spacial score (nSPS) is 18.6. The Bertz CT molecular complexity index is 2110. The molecule has 444 valence electrons. The number of imidazole rings is 1. The number of anilines is 1. The number of hydrogen-bond donors (Lipinski definition) is 12. The van der Waals surface area contributed by atoms with Gasteiger partial charge in [0.2, 0.25) is 11.8 Å². The molecule has 1 saturated heterocycles. The quantitative estimate of drug-likeness (QED) is 0.0223. The first kappa shape index (κ1) is 73.4. The number of rotatable bonds is 41. The number of nitrogens with zero attached hydrogens (tertiary/aromatic N) is 4. The predicted octanol–water partition coefficient (Wildman–Crippen LogP) is 7.75. The van der Waals surface area contributed by atoms with E-state index in [1.807, 2.05) is 0 Å². The van der Waals surface area contributed by atoms with Crippen LogP contribution in [0, 0.1) is 5.41 Å². The van der Waals surface area contributed by atoms with Crippen molar-refractivity contribution in [1.82, 2.24) is 48.6 Å². The van der Waals surface area contributed by atoms with Crippen molar-refractivity contribution < 1.29 is 80.5 Å². The van der Waals surface area contributed by atoms with Gasteiger partial charge in [0.1, 0.15) is 36.3 Å². The third-order valence-electron chi connectivity index (χ3n) is 12.2. The van der Waals surface area contributed by atoms with Gasteiger partial charge in [0.25, 0.3) is 0 Å². The highest BCUT2D eigenvalue weighted by Crippen LogP contribution is 2.61. The second kappa shape index (κ2) is 38.2. The van der Waals surface area contributed by atoms with E-state index in [9.17, 15) is 57.9 Å². The van der Waals surface area contributed by atoms with Crippen molar-refractivity contribution in [1.29, 1.82) is 0 Å². The summed E-state index contributed by atoms with van der Waals surface area (Å²) in [6.07, 6.45) is 20.9. The van der Waals surface area contributed by atoms with Crippen LogP contribution in [0.5, 0.6) is 0 Å². The van der Waals surface area contributed by atoms with Gasteiger partial charge in [-0.1, -0.05) is 161 Å². The minimum Gasteiger partial charge on any atom is -0.386 e. The van der Waals surface area contributed by atoms with Crippen LogP contribution in [0.4, 0.5) is 5.82 Å². The summed E-state index contributed by atoms with van der Waals surface area (Å²) in [6.45, 7) is 2.86. The van der Waals surface area contributed by atoms with Crippen LogP contribution < -0.4 is 34.8 Å². The number of ether oxygens (including phenoxy) is 1. The molecular formula is C45H91N10O17P3S. The molecule has 0 saturated carbocycles. The third-order valence-corrected chi connectivity index (χ3v) is 16.3. The molecule has 1 fully saturated rings. The number of phosphoric acid groups is 3. The summed E-state index contributed by atoms with van der Waals surface area (Å²) < 4.78 is 62.5. The number of fused-ring (bicyclic) bond motifs is 1. The topological polar surface area (TPSA) is 469 Å². The van der Waals surface area contributed by atoms with E-state index in [1.165, 1.54) is 129 Å². The number of carbonyl (C=O) groups excluding carboxylic acids is 3. The summed E-state index contributed by atoms with van der Waals surface area (Å²) in [5.74, 6) is -1.01. The fraction of sp³-hybridized carbons (Fsp3) is 0.822. The maximum absolute atomic E-state index is 12.8. The highest BCUT2D eigenvalue weighted by Gasteiger charge is 2.50. The van der Waals surface area contributed by atoms with E-state index in [1.54, 1.807) is 0 Å². The van der Waals surface area contributed by atoms with Gasteiger partial charge in [0, 0.05) is 37.1 Å². The Morgan fingerprint density at radius 3 is 1.80 bits per heavy atom. The second-order valence-corrected chi connectivity index (χ2v) is 24.5. The molecule has 27 nitrogen and oxygen atoms in total. The smallest absolute Gasteiger partial charge is 0.386 e. The Kier molecular flexibility index (Phi) is 36.9. The molecule has 3 unspecified atom stereocenters. The summed E-state index contributed by atoms with van der Waals surface area (Å²) in [5.41, 5.74) is 4.30. The van der Waals surface area contributed by atoms with Gasteiger partial charge in [-0.25, -0.2) is 28.6 Å². The van der Waals surface area contributed by atoms with E-state index in [0.29, 0.717) is 12.2 Å². The first-order valence-corrected chi connectivity index (χ1v) is 31.1. The van der Waals surface area contributed by atoms with Crippen LogP contribution in [0.1, 0.15) is 175 Å². The summed E-state index contributed by atoms with van der Waals surface area (Å²) in [6, 6.07) is 0. The Hall–Kier alpha value is -2.56. The molecule has 2 aromatic heterocycles. The van der Waals surface area contributed by atoms with E-state index >= 15 is 0 Å². The molecule has 1 aliphatic heterocycles. The van der Waals surface area contributed by atoms with Crippen molar-refractivity contribution >= 4 is 69.1 Å². The number of thioether (sulfide) groups is 1. The van der Waals surface area contributed by atoms with E-state index in [-0.39, 0.29) is 60.1 Å². The zero-order chi connectivity index (χ0) is 53.9. The number of amides is 2. The Morgan fingerprint density at radius 2 is 1.28 bits per heavy atom. The van der Waals surface area contributed by atoms with E-state index in [4.69, 9.17) is 19.5 Å². The Morgan fingerprint density at radius 1 is 0.763 bits per heavy atom. The molecule has 3 heterocycles. The molecule has 31 heteroatoms. The molecule has 76 heavy (non-hydrogen) atoms. The number of phosphoric ester groups is 3. The van der Waals surface area contributed by atoms with Crippen LogP contribution in [0.2, 0.25) is 0 Å². The van der Waals surface area contributed by atoms with E-state index in [0.717, 1.165) is 48.2 Å². The van der Waals surface area contributed by atoms with Gasteiger partial charge in [-0.3, -0.25) is 32.5 Å². The number of nitrogen functional groups attached to an aromatic ring is 1. The number of hydrogen-bond acceptors (Lipinski definition) is 21. The SMILES string of the molecule is CCCCCCCCCCCCCCCCCCCCCCCC(=O)SCCNC(=O)CCNC(=O)[C@H](O)C(C)(C)COP(=O)(O)OP(=O)(O)OC[C@H]1O[C@@H](n2cnc3c(N)ncnc32)C(O)[C@H]1OP(=O)(O)O.N.N.N. The van der Waals surface area contributed by atoms with Gasteiger partial charge >= 0.3 is 23.5 Å². The number of carbonyl (C=O) groups is 3. The minimum absolute atomic E-state index is 0. The van der Waals surface area contributed by atoms with Crippen LogP contribution in [-0.2, 0) is 50.7 Å². The lowest BCUT2D eigenvalue weighted by atomic mass is 9.87. The van der Waals surface area contributed by atoms with Crippen molar-refractivity contribution in [2.45, 2.75) is 199 Å². The first-order chi connectivity index (χ1) is 34.6. The largest absolute Gasteiger partial charge is 0.481 e. The highest BCUT2D eigenvalue weighted by atomic mass is 32.2. The number of nitrogens with one attached hydrogen (secondary N) is 2. The average Bonchev–Trinajstić information content (AvgIpc) is 3.88. The number of aliphatic hydroxyl groups is 2. The lowest BCUT2D eigenvalue weighted by molar-refractivity contribution is -0.137. The standard InChI is InChI=1S/C45H82N7O17P3S.3H3N/c1-4-5-6-7-8-9-10-11-12-13-14-15-16-17-18-19-20-21-22-23-24-25-36(54)73-29-28-47-35(53)26-27-48-43(57)40(56)45(2,3)31-66-72(63,64)69-71(61,62)65-30-34-39(68-70(58,59)60)38(55)44(67-34)52-33-51-37-41(46)49-32-50-42(37)52;;;/h32-34,38-40,44,55-56H,4-31H2,1-3H3,(H,47,53)(H,48,57)(H,61,62)(H,63,64)(H2,46,49,50)(H2,58,59,60);3*1H3/t34-,38?,39+,40+,44-;;;/m1.../s1. The third kappa shape index (κ3) is 29.1. The maximum Gasteiger partial charge on any atom is 0.481 e. The molecule has 7 atom stereocenters. The molecular weight excluding hydrogens is 1080 g/mol. The van der Waals surface area contributed by atoms with Gasteiger partial charge in [0.05, 0.1) is 19.5 Å². The zero-order valence-electron chi connectivity index (χ0n) is 44.8. The van der Waals surface area contributed by atoms with E-state index in [2.05, 4.69) is 41.3 Å². The monoisotopic (exact) mass is 1170 g/mol. The Balaban J connectivity index is 0.0000187. The molecule has 0 radical (unpaired) electrons. The molecule has 2 aromatic rings. The predicted molar refractivity (Wildman–Crippen MR) is 289 cm³/mol. The number of nitrogens with two attached hydrogens (primary N) is 1. The summed E-state index contributed by atoms with van der Waals surface area (Å²) in [7, 11) is -16.4. The van der Waals surface area contributed by atoms with Crippen molar-refractivity contribution in [2.24, 2.45) is 5.41 Å². The zero-order valence-corrected chi connectivity index (χ0v) is 48.3. The van der Waals surface area contributed by atoms with Gasteiger partial charge in [0.15, 0.2) is 22.8 Å². The Labute approximate surface area is 451 Å². The van der Waals surface area contributed by atoms with Crippen molar-refractivity contribution in [3.05, 3.63) is 12.7 Å². The number of unbranched alkanes of at least 4 members (excludes halogenated alkanes) is 20. The lowest BCUT2D eigenvalue weighted by Gasteiger charge is -2.30. The summed E-state index contributed by atoms with van der Waals surface area (Å²) in [5, 5.41) is 26.7. The summed E-state index contributed by atoms with van der Waals surface area (Å²) in [4.78, 5) is 88.6. The molecule has 0 aliphatic carbocycles. The molecule has 0 bridgehead atoms. The van der Waals surface area contributed by atoms with Crippen molar-refractivity contribution in [3.8, 4) is 0 Å². The van der Waals surface area contributed by atoms with Gasteiger partial charge < -0.3 is 69.3 Å². The van der Waals surface area contributed by atoms with Crippen LogP contribution in [0.3, 0.4) is 0 Å². The molecule has 0 aromatic carbocycles. The molecule has 0 spiro atoms. The second-order valence-electron chi connectivity index (χ2n) is 19.1. The minimum atomic E-state index is -5.58. The number of aliphatic hydroxyl groups excluding tert-OH is 2. The average molecular weight is 1170 g/mol. The van der Waals surface area contributed by atoms with Gasteiger partial charge in [-0.05, 0) is 6.42 Å². The van der Waals surface area contributed by atoms with Gasteiger partial charge in [-0.2, -0.15) is 4.31 Å². The molecule has 1 aliphatic rings. The molecule has 3 rings (SSSR count). The molecule has 2 amide bonds. The fourth-order valence-corrected chi connectivity index (χ4v) is 11.6. The van der Waals surface area contributed by atoms with Crippen LogP contribution in [0.15, 0.2) is 12.7 Å². The van der Waals surface area contributed by atoms with Crippen molar-refractivity contribution in [2.75, 3.05) is 37.8 Å². The molecule has 19 N–H and O–H groups in total. The summed E-state index contributed by atoms with van der Waals surface area (Å²) >= 11 is 1.16. The van der Waals surface area contributed by atoms with E-state index < -0.39 is 84.6 Å². The van der Waals surface area contributed by atoms with Crippen LogP contribution in [0.25, 0.3) is 11.2 Å².